The third kappa shape index (κ3) is 7.43. The highest BCUT2D eigenvalue weighted by Gasteiger charge is 2.45. The Bertz CT molecular complexity index is 2720. The summed E-state index contributed by atoms with van der Waals surface area (Å²) in [6.07, 6.45) is -0.673. The minimum absolute atomic E-state index is 0.00654. The summed E-state index contributed by atoms with van der Waals surface area (Å²) in [5.41, 5.74) is 4.39. The number of carboxylic acid groups (broad SMARTS) is 1. The van der Waals surface area contributed by atoms with Gasteiger partial charge in [-0.25, -0.2) is 13.1 Å². The lowest BCUT2D eigenvalue weighted by Crippen LogP contribution is -2.54. The summed E-state index contributed by atoms with van der Waals surface area (Å²) in [6.45, 7) is 4.06. The van der Waals surface area contributed by atoms with Gasteiger partial charge in [-0.3, -0.25) is 34.2 Å². The molecular formula is C42H41N7O10S. The number of aromatic nitrogens is 3. The SMILES string of the molecule is Cc1ccc(C(CC(=O)O)c2cc(OCCNc3cccc4c3C(=O)N(C3CCC(=O)NC3=O)C4=O)c3c(c2)nnn3C)cc1CN1C[C@@H](C)Oc2ccccc2S1(=O)=O. The molecule has 310 valence electrons. The van der Waals surface area contributed by atoms with Crippen LogP contribution in [0.1, 0.15) is 75.1 Å². The predicted molar refractivity (Wildman–Crippen MR) is 215 cm³/mol. The van der Waals surface area contributed by atoms with Crippen molar-refractivity contribution in [2.24, 2.45) is 7.05 Å². The highest BCUT2D eigenvalue weighted by atomic mass is 32.2. The topological polar surface area (TPSA) is 219 Å². The number of rotatable bonds is 12. The number of hydrogen-bond acceptors (Lipinski definition) is 12. The lowest BCUT2D eigenvalue weighted by Gasteiger charge is -2.27. The van der Waals surface area contributed by atoms with Gasteiger partial charge in [0.2, 0.25) is 21.8 Å². The first-order chi connectivity index (χ1) is 28.7. The van der Waals surface area contributed by atoms with Gasteiger partial charge in [0.25, 0.3) is 11.8 Å². The Morgan fingerprint density at radius 2 is 1.83 bits per heavy atom. The monoisotopic (exact) mass is 835 g/mol. The lowest BCUT2D eigenvalue weighted by molar-refractivity contribution is -0.138. The number of ether oxygens (including phenoxy) is 2. The maximum Gasteiger partial charge on any atom is 0.304 e. The number of aliphatic carboxylic acids is 1. The lowest BCUT2D eigenvalue weighted by atomic mass is 9.86. The Hall–Kier alpha value is -6.66. The number of carbonyl (C=O) groups is 5. The molecule has 3 atom stereocenters. The van der Waals surface area contributed by atoms with Crippen molar-refractivity contribution >= 4 is 56.3 Å². The summed E-state index contributed by atoms with van der Waals surface area (Å²) in [5, 5.41) is 24.0. The van der Waals surface area contributed by atoms with Crippen molar-refractivity contribution in [1.82, 2.24) is 29.5 Å². The van der Waals surface area contributed by atoms with Crippen LogP contribution in [0.15, 0.2) is 77.7 Å². The van der Waals surface area contributed by atoms with Crippen LogP contribution in [-0.2, 0) is 38.0 Å². The molecule has 1 fully saturated rings. The fourth-order valence-electron chi connectivity index (χ4n) is 8.05. The van der Waals surface area contributed by atoms with Crippen LogP contribution in [0.5, 0.6) is 11.5 Å². The van der Waals surface area contributed by atoms with E-state index in [9.17, 15) is 37.5 Å². The van der Waals surface area contributed by atoms with E-state index in [2.05, 4.69) is 20.9 Å². The quantitative estimate of drug-likeness (QED) is 0.121. The summed E-state index contributed by atoms with van der Waals surface area (Å²) >= 11 is 0. The van der Waals surface area contributed by atoms with Gasteiger partial charge in [-0.2, -0.15) is 4.31 Å². The molecule has 1 aromatic heterocycles. The second-order valence-corrected chi connectivity index (χ2v) is 17.0. The van der Waals surface area contributed by atoms with Crippen molar-refractivity contribution in [1.29, 1.82) is 0 Å². The summed E-state index contributed by atoms with van der Waals surface area (Å²) in [6, 6.07) is 19.3. The molecule has 0 aliphatic carbocycles. The molecule has 8 rings (SSSR count). The standard InChI is InChI=1S/C42H41N7O10S/c1-23-11-12-25(17-27(23)22-48-21-24(2)59-33-9-4-5-10-35(33)60(48,56)57)29(20-37(51)52)26-18-31-39(47(3)46-45-31)34(19-26)58-16-15-43-30-8-6-7-28-38(30)42(55)49(41(28)54)32-13-14-36(50)44-40(32)53/h4-12,17-19,24,29,32,43H,13-16,20-22H2,1-3H3,(H,51,52)(H,44,50,53)/t24-,29?,32?/m1/s1. The van der Waals surface area contributed by atoms with Gasteiger partial charge in [0, 0.05) is 38.2 Å². The molecule has 3 aliphatic heterocycles. The van der Waals surface area contributed by atoms with Crippen LogP contribution in [-0.4, -0.2) is 99.2 Å². The van der Waals surface area contributed by atoms with E-state index in [4.69, 9.17) is 9.47 Å². The molecule has 4 amide bonds. The number of imide groups is 2. The van der Waals surface area contributed by atoms with Crippen LogP contribution in [0, 0.1) is 6.92 Å². The van der Waals surface area contributed by atoms with Crippen LogP contribution >= 0.6 is 0 Å². The van der Waals surface area contributed by atoms with Crippen molar-refractivity contribution in [3.63, 3.8) is 0 Å². The highest BCUT2D eigenvalue weighted by molar-refractivity contribution is 7.89. The fraction of sp³-hybridized carbons (Fsp3) is 0.310. The van der Waals surface area contributed by atoms with Gasteiger partial charge in [-0.1, -0.05) is 41.6 Å². The molecule has 5 aromatic rings. The number of fused-ring (bicyclic) bond motifs is 3. The molecule has 0 saturated carbocycles. The normalized spacial score (nSPS) is 19.3. The summed E-state index contributed by atoms with van der Waals surface area (Å²) < 4.78 is 42.9. The number of sulfonamides is 1. The van der Waals surface area contributed by atoms with Crippen molar-refractivity contribution in [3.8, 4) is 11.5 Å². The van der Waals surface area contributed by atoms with Crippen LogP contribution in [0.2, 0.25) is 0 Å². The van der Waals surface area contributed by atoms with E-state index in [-0.39, 0.29) is 61.5 Å². The molecular weight excluding hydrogens is 795 g/mol. The van der Waals surface area contributed by atoms with Crippen molar-refractivity contribution in [2.75, 3.05) is 25.0 Å². The molecule has 3 N–H and O–H groups in total. The minimum atomic E-state index is -3.93. The van der Waals surface area contributed by atoms with Gasteiger partial charge in [-0.05, 0) is 78.9 Å². The smallest absolute Gasteiger partial charge is 0.304 e. The summed E-state index contributed by atoms with van der Waals surface area (Å²) in [4.78, 5) is 64.5. The molecule has 0 spiro atoms. The molecule has 0 bridgehead atoms. The number of anilines is 1. The Morgan fingerprint density at radius 3 is 2.62 bits per heavy atom. The van der Waals surface area contributed by atoms with Gasteiger partial charge < -0.3 is 19.9 Å². The zero-order valence-corrected chi connectivity index (χ0v) is 33.7. The Kier molecular flexibility index (Phi) is 10.6. The van der Waals surface area contributed by atoms with Gasteiger partial charge >= 0.3 is 5.97 Å². The molecule has 4 heterocycles. The highest BCUT2D eigenvalue weighted by Crippen LogP contribution is 2.38. The van der Waals surface area contributed by atoms with E-state index in [0.29, 0.717) is 44.9 Å². The number of benzene rings is 4. The fourth-order valence-corrected chi connectivity index (χ4v) is 9.67. The zero-order chi connectivity index (χ0) is 42.5. The molecule has 3 aliphatic rings. The maximum atomic E-state index is 13.9. The first-order valence-electron chi connectivity index (χ1n) is 19.3. The average molecular weight is 836 g/mol. The Balaban J connectivity index is 1.04. The van der Waals surface area contributed by atoms with Crippen LogP contribution in [0.3, 0.4) is 0 Å². The Morgan fingerprint density at radius 1 is 1.03 bits per heavy atom. The van der Waals surface area contributed by atoms with E-state index in [0.717, 1.165) is 10.5 Å². The number of piperidine rings is 1. The van der Waals surface area contributed by atoms with E-state index in [1.54, 1.807) is 54.2 Å². The van der Waals surface area contributed by atoms with Crippen LogP contribution < -0.4 is 20.1 Å². The maximum absolute atomic E-state index is 13.9. The van der Waals surface area contributed by atoms with E-state index in [1.807, 2.05) is 32.0 Å². The number of carbonyl (C=O) groups excluding carboxylic acids is 4. The third-order valence-corrected chi connectivity index (χ3v) is 12.8. The van der Waals surface area contributed by atoms with Crippen LogP contribution in [0.4, 0.5) is 5.69 Å². The van der Waals surface area contributed by atoms with Crippen molar-refractivity contribution in [2.45, 2.75) is 62.6 Å². The molecule has 4 aromatic carbocycles. The average Bonchev–Trinajstić information content (AvgIpc) is 3.68. The van der Waals surface area contributed by atoms with Gasteiger partial charge in [0.15, 0.2) is 0 Å². The van der Waals surface area contributed by atoms with Crippen molar-refractivity contribution in [3.05, 3.63) is 106 Å². The number of amides is 4. The number of para-hydroxylation sites is 1. The van der Waals surface area contributed by atoms with Gasteiger partial charge in [-0.15, -0.1) is 5.10 Å². The molecule has 18 heteroatoms. The largest absolute Gasteiger partial charge is 0.489 e. The molecule has 0 radical (unpaired) electrons. The number of nitrogens with zero attached hydrogens (tertiary/aromatic N) is 5. The van der Waals surface area contributed by atoms with Gasteiger partial charge in [0.05, 0.1) is 24.1 Å². The number of hydrogen-bond donors (Lipinski definition) is 3. The minimum Gasteiger partial charge on any atom is -0.489 e. The first-order valence-corrected chi connectivity index (χ1v) is 20.8. The van der Waals surface area contributed by atoms with E-state index >= 15 is 0 Å². The zero-order valence-electron chi connectivity index (χ0n) is 32.9. The summed E-state index contributed by atoms with van der Waals surface area (Å²) in [7, 11) is -2.23. The molecule has 17 nitrogen and oxygen atoms in total. The number of aryl methyl sites for hydroxylation is 2. The summed E-state index contributed by atoms with van der Waals surface area (Å²) in [5.74, 6) is -3.50. The molecule has 60 heavy (non-hydrogen) atoms. The second-order valence-electron chi connectivity index (χ2n) is 15.1. The second kappa shape index (κ2) is 15.8. The number of carboxylic acids is 1. The van der Waals surface area contributed by atoms with Crippen molar-refractivity contribution < 1.29 is 47.0 Å². The first kappa shape index (κ1) is 40.1. The van der Waals surface area contributed by atoms with Gasteiger partial charge in [0.1, 0.15) is 46.2 Å². The third-order valence-electron chi connectivity index (χ3n) is 11.0. The number of nitrogens with one attached hydrogen (secondary N) is 2. The molecule has 1 saturated heterocycles. The predicted octanol–water partition coefficient (Wildman–Crippen LogP) is 3.75. The van der Waals surface area contributed by atoms with E-state index in [1.165, 1.54) is 16.4 Å². The van der Waals surface area contributed by atoms with Crippen LogP contribution in [0.25, 0.3) is 11.0 Å². The Labute approximate surface area is 344 Å². The molecule has 2 unspecified atom stereocenters. The van der Waals surface area contributed by atoms with E-state index < -0.39 is 57.7 Å².